The number of likely N-dealkylation sites (tertiary alicyclic amines) is 1. The standard InChI is InChI=1S/C28H35N3O6/c1-5-37-28(33)22-11-8-9-15-30(22)18-27(32)31-23(20-10-6-7-12-24(20)34-2)17-21(29-31)19-13-14-25(35-3)26(16-19)36-4/h6-7,10,12-14,16,22-23H,5,8-9,11,15,17-18H2,1-4H3. The monoisotopic (exact) mass is 509 g/mol. The summed E-state index contributed by atoms with van der Waals surface area (Å²) >= 11 is 0. The maximum Gasteiger partial charge on any atom is 0.323 e. The zero-order valence-corrected chi connectivity index (χ0v) is 21.9. The Hall–Kier alpha value is -3.59. The molecule has 1 amide bonds. The van der Waals surface area contributed by atoms with E-state index in [0.717, 1.165) is 29.7 Å². The summed E-state index contributed by atoms with van der Waals surface area (Å²) in [4.78, 5) is 28.3. The molecule has 0 spiro atoms. The van der Waals surface area contributed by atoms with Crippen molar-refractivity contribution in [3.63, 3.8) is 0 Å². The molecule has 2 atom stereocenters. The minimum absolute atomic E-state index is 0.0812. The molecule has 2 heterocycles. The molecule has 37 heavy (non-hydrogen) atoms. The molecule has 0 N–H and O–H groups in total. The number of rotatable bonds is 9. The van der Waals surface area contributed by atoms with Crippen LogP contribution in [0.2, 0.25) is 0 Å². The summed E-state index contributed by atoms with van der Waals surface area (Å²) in [7, 11) is 4.80. The van der Waals surface area contributed by atoms with Gasteiger partial charge in [-0.25, -0.2) is 5.01 Å². The van der Waals surface area contributed by atoms with Gasteiger partial charge in [-0.05, 0) is 50.6 Å². The van der Waals surface area contributed by atoms with Crippen LogP contribution >= 0.6 is 0 Å². The molecule has 0 aliphatic carbocycles. The second-order valence-corrected chi connectivity index (χ2v) is 9.05. The molecule has 4 rings (SSSR count). The Kier molecular flexibility index (Phi) is 8.66. The molecule has 2 aromatic rings. The number of hydrazone groups is 1. The largest absolute Gasteiger partial charge is 0.496 e. The highest BCUT2D eigenvalue weighted by molar-refractivity contribution is 6.03. The number of methoxy groups -OCH3 is 3. The normalized spacial score (nSPS) is 19.8. The summed E-state index contributed by atoms with van der Waals surface area (Å²) in [5.41, 5.74) is 2.47. The first-order chi connectivity index (χ1) is 18.0. The molecule has 0 aromatic heterocycles. The Morgan fingerprint density at radius 1 is 0.973 bits per heavy atom. The number of amides is 1. The molecule has 0 saturated carbocycles. The maximum atomic E-state index is 13.8. The number of piperidine rings is 1. The van der Waals surface area contributed by atoms with Gasteiger partial charge in [-0.3, -0.25) is 14.5 Å². The fraction of sp³-hybridized carbons (Fsp3) is 0.464. The number of benzene rings is 2. The zero-order valence-electron chi connectivity index (χ0n) is 21.9. The first kappa shape index (κ1) is 26.5. The molecule has 0 radical (unpaired) electrons. The van der Waals surface area contributed by atoms with Gasteiger partial charge < -0.3 is 18.9 Å². The summed E-state index contributed by atoms with van der Waals surface area (Å²) in [6.07, 6.45) is 3.05. The average Bonchev–Trinajstić information content (AvgIpc) is 3.38. The van der Waals surface area contributed by atoms with Crippen LogP contribution in [-0.2, 0) is 14.3 Å². The zero-order chi connectivity index (χ0) is 26.4. The van der Waals surface area contributed by atoms with Gasteiger partial charge in [0.05, 0.1) is 46.2 Å². The quantitative estimate of drug-likeness (QED) is 0.475. The van der Waals surface area contributed by atoms with Gasteiger partial charge in [-0.2, -0.15) is 5.10 Å². The van der Waals surface area contributed by atoms with Gasteiger partial charge in [-0.15, -0.1) is 0 Å². The number of carbonyl (C=O) groups excluding carboxylic acids is 2. The van der Waals surface area contributed by atoms with Crippen molar-refractivity contribution in [2.24, 2.45) is 5.10 Å². The van der Waals surface area contributed by atoms with Crippen molar-refractivity contribution in [1.82, 2.24) is 9.91 Å². The van der Waals surface area contributed by atoms with E-state index in [1.807, 2.05) is 47.4 Å². The fourth-order valence-electron chi connectivity index (χ4n) is 5.05. The minimum Gasteiger partial charge on any atom is -0.496 e. The summed E-state index contributed by atoms with van der Waals surface area (Å²) in [5, 5.41) is 6.34. The molecule has 198 valence electrons. The van der Waals surface area contributed by atoms with Gasteiger partial charge in [0, 0.05) is 17.5 Å². The lowest BCUT2D eigenvalue weighted by atomic mass is 9.97. The van der Waals surface area contributed by atoms with Crippen LogP contribution in [0.25, 0.3) is 0 Å². The smallest absolute Gasteiger partial charge is 0.323 e. The number of nitrogens with zero attached hydrogens (tertiary/aromatic N) is 3. The van der Waals surface area contributed by atoms with E-state index in [2.05, 4.69) is 0 Å². The number of para-hydroxylation sites is 1. The van der Waals surface area contributed by atoms with E-state index in [9.17, 15) is 9.59 Å². The molecule has 2 unspecified atom stereocenters. The highest BCUT2D eigenvalue weighted by atomic mass is 16.5. The van der Waals surface area contributed by atoms with Crippen LogP contribution in [0.4, 0.5) is 0 Å². The lowest BCUT2D eigenvalue weighted by Crippen LogP contribution is -2.49. The molecule has 0 bridgehead atoms. The van der Waals surface area contributed by atoms with Crippen molar-refractivity contribution >= 4 is 17.6 Å². The lowest BCUT2D eigenvalue weighted by molar-refractivity contribution is -0.152. The van der Waals surface area contributed by atoms with Gasteiger partial charge in [0.25, 0.3) is 5.91 Å². The summed E-state index contributed by atoms with van der Waals surface area (Å²) < 4.78 is 21.8. The molecule has 1 saturated heterocycles. The van der Waals surface area contributed by atoms with E-state index in [1.54, 1.807) is 33.3 Å². The Morgan fingerprint density at radius 2 is 1.73 bits per heavy atom. The number of hydrogen-bond donors (Lipinski definition) is 0. The Labute approximate surface area is 217 Å². The second-order valence-electron chi connectivity index (χ2n) is 9.05. The molecule has 1 fully saturated rings. The number of carbonyl (C=O) groups is 2. The van der Waals surface area contributed by atoms with Crippen LogP contribution in [0.5, 0.6) is 17.2 Å². The predicted octanol–water partition coefficient (Wildman–Crippen LogP) is 3.81. The topological polar surface area (TPSA) is 89.9 Å². The Bertz CT molecular complexity index is 1150. The molecule has 2 aliphatic rings. The van der Waals surface area contributed by atoms with E-state index in [0.29, 0.717) is 43.2 Å². The number of esters is 1. The van der Waals surface area contributed by atoms with E-state index < -0.39 is 6.04 Å². The van der Waals surface area contributed by atoms with Crippen molar-refractivity contribution < 1.29 is 28.5 Å². The van der Waals surface area contributed by atoms with Gasteiger partial charge in [-0.1, -0.05) is 24.6 Å². The highest BCUT2D eigenvalue weighted by Gasteiger charge is 2.38. The fourth-order valence-corrected chi connectivity index (χ4v) is 5.05. The third-order valence-corrected chi connectivity index (χ3v) is 6.89. The number of hydrogen-bond acceptors (Lipinski definition) is 8. The van der Waals surface area contributed by atoms with E-state index in [4.69, 9.17) is 24.0 Å². The van der Waals surface area contributed by atoms with Crippen LogP contribution in [0.3, 0.4) is 0 Å². The molecule has 2 aliphatic heterocycles. The minimum atomic E-state index is -0.417. The van der Waals surface area contributed by atoms with E-state index in [-0.39, 0.29) is 24.5 Å². The Morgan fingerprint density at radius 3 is 2.46 bits per heavy atom. The summed E-state index contributed by atoms with van der Waals surface area (Å²) in [5.74, 6) is 1.45. The maximum absolute atomic E-state index is 13.8. The molecular weight excluding hydrogens is 474 g/mol. The van der Waals surface area contributed by atoms with Crippen LogP contribution in [0, 0.1) is 0 Å². The average molecular weight is 510 g/mol. The Balaban J connectivity index is 1.66. The third kappa shape index (κ3) is 5.72. The molecular formula is C28H35N3O6. The molecule has 9 heteroatoms. The lowest BCUT2D eigenvalue weighted by Gasteiger charge is -2.34. The van der Waals surface area contributed by atoms with Gasteiger partial charge in [0.2, 0.25) is 0 Å². The van der Waals surface area contributed by atoms with Crippen molar-refractivity contribution in [2.75, 3.05) is 41.0 Å². The van der Waals surface area contributed by atoms with Crippen LogP contribution in [0.1, 0.15) is 49.8 Å². The summed E-state index contributed by atoms with van der Waals surface area (Å²) in [6, 6.07) is 12.5. The van der Waals surface area contributed by atoms with E-state index >= 15 is 0 Å². The van der Waals surface area contributed by atoms with Crippen molar-refractivity contribution in [3.8, 4) is 17.2 Å². The highest BCUT2D eigenvalue weighted by Crippen LogP contribution is 2.39. The molecule has 9 nitrogen and oxygen atoms in total. The van der Waals surface area contributed by atoms with Gasteiger partial charge in [0.1, 0.15) is 11.8 Å². The first-order valence-corrected chi connectivity index (χ1v) is 12.7. The van der Waals surface area contributed by atoms with Crippen molar-refractivity contribution in [2.45, 2.75) is 44.7 Å². The van der Waals surface area contributed by atoms with Crippen molar-refractivity contribution in [1.29, 1.82) is 0 Å². The predicted molar refractivity (Wildman–Crippen MR) is 139 cm³/mol. The van der Waals surface area contributed by atoms with Gasteiger partial charge in [0.15, 0.2) is 11.5 Å². The number of ether oxygens (including phenoxy) is 4. The summed E-state index contributed by atoms with van der Waals surface area (Å²) in [6.45, 7) is 2.85. The van der Waals surface area contributed by atoms with E-state index in [1.165, 1.54) is 0 Å². The van der Waals surface area contributed by atoms with Crippen LogP contribution in [0.15, 0.2) is 47.6 Å². The second kappa shape index (κ2) is 12.1. The third-order valence-electron chi connectivity index (χ3n) is 6.89. The van der Waals surface area contributed by atoms with Gasteiger partial charge >= 0.3 is 5.97 Å². The van der Waals surface area contributed by atoms with Crippen molar-refractivity contribution in [3.05, 3.63) is 53.6 Å². The molecule has 2 aromatic carbocycles. The SMILES string of the molecule is CCOC(=O)C1CCCCN1CC(=O)N1N=C(c2ccc(OC)c(OC)c2)CC1c1ccccc1OC. The van der Waals surface area contributed by atoms with Crippen LogP contribution < -0.4 is 14.2 Å². The first-order valence-electron chi connectivity index (χ1n) is 12.7. The van der Waals surface area contributed by atoms with Crippen LogP contribution in [-0.4, -0.2) is 74.6 Å².